The van der Waals surface area contributed by atoms with Gasteiger partial charge in [0.25, 0.3) is 5.91 Å². The molecule has 1 amide bonds. The molecule has 1 rings (SSSR count). The van der Waals surface area contributed by atoms with E-state index in [2.05, 4.69) is 13.8 Å². The van der Waals surface area contributed by atoms with Gasteiger partial charge in [0.2, 0.25) is 0 Å². The van der Waals surface area contributed by atoms with E-state index in [0.717, 1.165) is 12.0 Å². The molecule has 0 aliphatic carbocycles. The number of nitrogens with two attached hydrogens (primary N) is 1. The summed E-state index contributed by atoms with van der Waals surface area (Å²) in [6.45, 7) is 6.69. The molecule has 0 aromatic carbocycles. The first kappa shape index (κ1) is 17.0. The minimum atomic E-state index is -0.0801. The van der Waals surface area contributed by atoms with Gasteiger partial charge in [0, 0.05) is 25.2 Å². The standard InChI is InChI=1S/C13H22N2O2.ClH/c1-9(2)11(14)5-7-15(4)13(16)12-10(3)6-8-17-12;/h6,8-9,11H,5,7,14H2,1-4H3;1H. The molecule has 2 N–H and O–H groups in total. The Morgan fingerprint density at radius 1 is 1.50 bits per heavy atom. The molecule has 0 spiro atoms. The second-order valence-corrected chi connectivity index (χ2v) is 4.86. The molecule has 104 valence electrons. The lowest BCUT2D eigenvalue weighted by Crippen LogP contribution is -2.34. The number of halogens is 1. The van der Waals surface area contributed by atoms with Crippen molar-refractivity contribution in [2.24, 2.45) is 11.7 Å². The third-order valence-corrected chi connectivity index (χ3v) is 3.06. The van der Waals surface area contributed by atoms with Crippen molar-refractivity contribution in [2.45, 2.75) is 33.2 Å². The van der Waals surface area contributed by atoms with Crippen LogP contribution in [0.25, 0.3) is 0 Å². The van der Waals surface area contributed by atoms with E-state index in [1.165, 1.54) is 6.26 Å². The summed E-state index contributed by atoms with van der Waals surface area (Å²) in [5, 5.41) is 0. The zero-order chi connectivity index (χ0) is 13.0. The monoisotopic (exact) mass is 274 g/mol. The third kappa shape index (κ3) is 4.35. The van der Waals surface area contributed by atoms with Crippen molar-refractivity contribution in [1.82, 2.24) is 4.90 Å². The maximum atomic E-state index is 12.0. The lowest BCUT2D eigenvalue weighted by molar-refractivity contribution is 0.0756. The van der Waals surface area contributed by atoms with Gasteiger partial charge in [0.1, 0.15) is 0 Å². The minimum absolute atomic E-state index is 0. The summed E-state index contributed by atoms with van der Waals surface area (Å²) in [6, 6.07) is 1.92. The van der Waals surface area contributed by atoms with Crippen molar-refractivity contribution in [1.29, 1.82) is 0 Å². The first-order valence-corrected chi connectivity index (χ1v) is 5.98. The number of furan rings is 1. The Kier molecular flexibility index (Phi) is 7.02. The van der Waals surface area contributed by atoms with Gasteiger partial charge in [0.05, 0.1) is 6.26 Å². The Hall–Kier alpha value is -1.00. The molecule has 0 saturated heterocycles. The summed E-state index contributed by atoms with van der Waals surface area (Å²) < 4.78 is 5.18. The van der Waals surface area contributed by atoms with Gasteiger partial charge < -0.3 is 15.1 Å². The molecular formula is C13H23ClN2O2. The Balaban J connectivity index is 0.00000289. The van der Waals surface area contributed by atoms with Crippen molar-refractivity contribution < 1.29 is 9.21 Å². The highest BCUT2D eigenvalue weighted by atomic mass is 35.5. The zero-order valence-corrected chi connectivity index (χ0v) is 12.3. The van der Waals surface area contributed by atoms with Crippen LogP contribution in [0.5, 0.6) is 0 Å². The quantitative estimate of drug-likeness (QED) is 0.897. The van der Waals surface area contributed by atoms with E-state index in [-0.39, 0.29) is 24.4 Å². The highest BCUT2D eigenvalue weighted by Gasteiger charge is 2.18. The third-order valence-electron chi connectivity index (χ3n) is 3.06. The Labute approximate surface area is 115 Å². The number of hydrogen-bond acceptors (Lipinski definition) is 3. The number of amides is 1. The average molecular weight is 275 g/mol. The van der Waals surface area contributed by atoms with Crippen molar-refractivity contribution in [3.63, 3.8) is 0 Å². The van der Waals surface area contributed by atoms with E-state index in [4.69, 9.17) is 10.2 Å². The fraction of sp³-hybridized carbons (Fsp3) is 0.615. The van der Waals surface area contributed by atoms with E-state index in [1.807, 2.05) is 6.92 Å². The molecule has 1 heterocycles. The molecule has 1 atom stereocenters. The van der Waals surface area contributed by atoms with E-state index in [0.29, 0.717) is 18.2 Å². The topological polar surface area (TPSA) is 59.5 Å². The van der Waals surface area contributed by atoms with Crippen molar-refractivity contribution in [2.75, 3.05) is 13.6 Å². The van der Waals surface area contributed by atoms with Gasteiger partial charge in [-0.25, -0.2) is 0 Å². The van der Waals surface area contributed by atoms with Crippen molar-refractivity contribution >= 4 is 18.3 Å². The van der Waals surface area contributed by atoms with Gasteiger partial charge in [-0.05, 0) is 25.3 Å². The minimum Gasteiger partial charge on any atom is -0.459 e. The van der Waals surface area contributed by atoms with Gasteiger partial charge in [-0.15, -0.1) is 12.4 Å². The number of hydrogen-bond donors (Lipinski definition) is 1. The van der Waals surface area contributed by atoms with Crippen LogP contribution >= 0.6 is 12.4 Å². The summed E-state index contributed by atoms with van der Waals surface area (Å²) in [5.41, 5.74) is 6.82. The van der Waals surface area contributed by atoms with Crippen LogP contribution in [0.2, 0.25) is 0 Å². The highest BCUT2D eigenvalue weighted by molar-refractivity contribution is 5.92. The predicted octanol–water partition coefficient (Wildman–Crippen LogP) is 2.46. The summed E-state index contributed by atoms with van der Waals surface area (Å²) in [7, 11) is 1.78. The summed E-state index contributed by atoms with van der Waals surface area (Å²) >= 11 is 0. The molecule has 0 aliphatic rings. The van der Waals surface area contributed by atoms with Crippen LogP contribution in [0, 0.1) is 12.8 Å². The molecule has 0 bridgehead atoms. The second-order valence-electron chi connectivity index (χ2n) is 4.86. The Morgan fingerprint density at radius 2 is 2.11 bits per heavy atom. The lowest BCUT2D eigenvalue weighted by atomic mass is 10.0. The number of aryl methyl sites for hydroxylation is 1. The van der Waals surface area contributed by atoms with Gasteiger partial charge in [-0.1, -0.05) is 13.8 Å². The van der Waals surface area contributed by atoms with Crippen molar-refractivity contribution in [3.8, 4) is 0 Å². The molecule has 0 fully saturated rings. The average Bonchev–Trinajstić information content (AvgIpc) is 2.70. The van der Waals surface area contributed by atoms with Gasteiger partial charge in [-0.2, -0.15) is 0 Å². The molecule has 0 saturated carbocycles. The van der Waals surface area contributed by atoms with Crippen molar-refractivity contribution in [3.05, 3.63) is 23.7 Å². The molecule has 0 aliphatic heterocycles. The number of rotatable bonds is 5. The molecule has 4 nitrogen and oxygen atoms in total. The zero-order valence-electron chi connectivity index (χ0n) is 11.5. The number of nitrogens with zero attached hydrogens (tertiary/aromatic N) is 1. The van der Waals surface area contributed by atoms with Gasteiger partial charge in [-0.3, -0.25) is 4.79 Å². The molecule has 0 radical (unpaired) electrons. The largest absolute Gasteiger partial charge is 0.459 e. The predicted molar refractivity (Wildman–Crippen MR) is 75.1 cm³/mol. The van der Waals surface area contributed by atoms with Crippen LogP contribution in [0.3, 0.4) is 0 Å². The van der Waals surface area contributed by atoms with Crippen LogP contribution < -0.4 is 5.73 Å². The smallest absolute Gasteiger partial charge is 0.289 e. The van der Waals surface area contributed by atoms with Gasteiger partial charge >= 0.3 is 0 Å². The maximum Gasteiger partial charge on any atom is 0.289 e. The number of carbonyl (C=O) groups is 1. The molecule has 5 heteroatoms. The first-order valence-electron chi connectivity index (χ1n) is 5.98. The summed E-state index contributed by atoms with van der Waals surface area (Å²) in [6.07, 6.45) is 2.34. The SMILES string of the molecule is Cc1ccoc1C(=O)N(C)CCC(N)C(C)C.Cl. The molecule has 1 unspecified atom stereocenters. The first-order chi connectivity index (χ1) is 7.93. The Morgan fingerprint density at radius 3 is 2.56 bits per heavy atom. The van der Waals surface area contributed by atoms with Crippen LogP contribution in [0.1, 0.15) is 36.4 Å². The molecule has 18 heavy (non-hydrogen) atoms. The van der Waals surface area contributed by atoms with E-state index < -0.39 is 0 Å². The van der Waals surface area contributed by atoms with E-state index >= 15 is 0 Å². The van der Waals surface area contributed by atoms with Crippen LogP contribution in [-0.2, 0) is 0 Å². The van der Waals surface area contributed by atoms with Crippen LogP contribution in [0.15, 0.2) is 16.7 Å². The van der Waals surface area contributed by atoms with Crippen LogP contribution in [0.4, 0.5) is 0 Å². The fourth-order valence-electron chi connectivity index (χ4n) is 1.54. The number of carbonyl (C=O) groups excluding carboxylic acids is 1. The van der Waals surface area contributed by atoms with Crippen LogP contribution in [-0.4, -0.2) is 30.4 Å². The molecular weight excluding hydrogens is 252 g/mol. The fourth-order valence-corrected chi connectivity index (χ4v) is 1.54. The highest BCUT2D eigenvalue weighted by Crippen LogP contribution is 2.12. The van der Waals surface area contributed by atoms with E-state index in [1.54, 1.807) is 18.0 Å². The normalized spacial score (nSPS) is 12.1. The maximum absolute atomic E-state index is 12.0. The lowest BCUT2D eigenvalue weighted by Gasteiger charge is -2.21. The summed E-state index contributed by atoms with van der Waals surface area (Å²) in [4.78, 5) is 13.7. The van der Waals surface area contributed by atoms with E-state index in [9.17, 15) is 4.79 Å². The Bertz CT molecular complexity index is 377. The summed E-state index contributed by atoms with van der Waals surface area (Å²) in [5.74, 6) is 0.776. The van der Waals surface area contributed by atoms with Gasteiger partial charge in [0.15, 0.2) is 5.76 Å². The molecule has 1 aromatic rings. The second kappa shape index (κ2) is 7.44. The molecule has 1 aromatic heterocycles.